The van der Waals surface area contributed by atoms with E-state index < -0.39 is 0 Å². The number of nitrogens with zero attached hydrogens (tertiary/aromatic N) is 2. The Bertz CT molecular complexity index is 1080. The number of rotatable bonds is 11. The summed E-state index contributed by atoms with van der Waals surface area (Å²) >= 11 is 0. The molecular formula is C33H47N3O3. The molecule has 39 heavy (non-hydrogen) atoms. The Balaban J connectivity index is 1.30. The van der Waals surface area contributed by atoms with Crippen LogP contribution in [-0.4, -0.2) is 61.3 Å². The fourth-order valence-corrected chi connectivity index (χ4v) is 6.65. The fourth-order valence-electron chi connectivity index (χ4n) is 6.65. The number of hydrogen-bond acceptors (Lipinski definition) is 4. The number of carbonyl (C=O) groups is 1. The molecule has 3 heterocycles. The van der Waals surface area contributed by atoms with Crippen LogP contribution in [0.3, 0.4) is 0 Å². The Morgan fingerprint density at radius 2 is 1.74 bits per heavy atom. The lowest BCUT2D eigenvalue weighted by Gasteiger charge is -2.52. The number of piperidine rings is 2. The van der Waals surface area contributed by atoms with Crippen LogP contribution in [0, 0.1) is 5.92 Å². The number of nitrogens with one attached hydrogen (secondary N) is 1. The van der Waals surface area contributed by atoms with Crippen molar-refractivity contribution in [3.05, 3.63) is 59.2 Å². The molecule has 212 valence electrons. The maximum atomic E-state index is 13.4. The third-order valence-electron chi connectivity index (χ3n) is 8.83. The highest BCUT2D eigenvalue weighted by Gasteiger charge is 2.44. The van der Waals surface area contributed by atoms with Crippen LogP contribution in [-0.2, 0) is 12.8 Å². The normalized spacial score (nSPS) is 22.4. The van der Waals surface area contributed by atoms with Gasteiger partial charge in [-0.05, 0) is 79.7 Å². The summed E-state index contributed by atoms with van der Waals surface area (Å²) in [5, 5.41) is 3.23. The minimum absolute atomic E-state index is 0.105. The molecule has 3 aliphatic heterocycles. The largest absolute Gasteiger partial charge is 0.490 e. The lowest BCUT2D eigenvalue weighted by Crippen LogP contribution is -2.59. The minimum Gasteiger partial charge on any atom is -0.490 e. The maximum absolute atomic E-state index is 13.4. The highest BCUT2D eigenvalue weighted by Crippen LogP contribution is 2.45. The SMILES string of the molecule is CCCCOc1cc2c(cc1OCCCC)[C@@H]1C[C@H]3[C@H](CCCN3C(=O)NCCc3ccccc3)CN1CC2. The predicted octanol–water partition coefficient (Wildman–Crippen LogP) is 6.38. The molecule has 3 atom stereocenters. The van der Waals surface area contributed by atoms with Crippen molar-refractivity contribution in [3.63, 3.8) is 0 Å². The van der Waals surface area contributed by atoms with E-state index in [9.17, 15) is 4.79 Å². The van der Waals surface area contributed by atoms with Gasteiger partial charge in [0.2, 0.25) is 0 Å². The first kappa shape index (κ1) is 27.8. The minimum atomic E-state index is 0.105. The van der Waals surface area contributed by atoms with E-state index in [1.807, 2.05) is 6.07 Å². The van der Waals surface area contributed by atoms with Crippen LogP contribution in [0.5, 0.6) is 11.5 Å². The molecule has 0 spiro atoms. The van der Waals surface area contributed by atoms with Crippen molar-refractivity contribution in [1.82, 2.24) is 15.1 Å². The molecule has 2 amide bonds. The van der Waals surface area contributed by atoms with Crippen molar-refractivity contribution in [2.75, 3.05) is 39.4 Å². The standard InChI is InChI=1S/C33H47N3O3/c1-3-5-19-38-31-21-26-15-18-35-24-27-13-10-17-36(33(37)34-16-14-25-11-8-7-9-12-25)29(27)23-30(35)28(26)22-32(31)39-20-6-4-2/h7-9,11-12,21-22,27,29-30H,3-6,10,13-20,23-24H2,1-2H3,(H,34,37)/t27-,29+,30+/m1/s1. The van der Waals surface area contributed by atoms with E-state index >= 15 is 0 Å². The topological polar surface area (TPSA) is 54.0 Å². The molecule has 0 radical (unpaired) electrons. The van der Waals surface area contributed by atoms with E-state index in [0.717, 1.165) is 95.7 Å². The lowest BCUT2D eigenvalue weighted by molar-refractivity contribution is 0.00565. The average molecular weight is 534 g/mol. The molecule has 2 aromatic rings. The Morgan fingerprint density at radius 3 is 2.49 bits per heavy atom. The number of ether oxygens (including phenoxy) is 2. The van der Waals surface area contributed by atoms with E-state index in [0.29, 0.717) is 18.5 Å². The molecule has 1 N–H and O–H groups in total. The van der Waals surface area contributed by atoms with Gasteiger partial charge >= 0.3 is 6.03 Å². The zero-order chi connectivity index (χ0) is 27.0. The molecule has 0 aromatic heterocycles. The number of amides is 2. The second-order valence-corrected chi connectivity index (χ2v) is 11.5. The second-order valence-electron chi connectivity index (χ2n) is 11.5. The molecular weight excluding hydrogens is 486 g/mol. The lowest BCUT2D eigenvalue weighted by atomic mass is 9.76. The summed E-state index contributed by atoms with van der Waals surface area (Å²) < 4.78 is 12.5. The van der Waals surface area contributed by atoms with Gasteiger partial charge < -0.3 is 19.7 Å². The summed E-state index contributed by atoms with van der Waals surface area (Å²) in [5.74, 6) is 2.34. The Kier molecular flexibility index (Phi) is 9.67. The number of hydrogen-bond donors (Lipinski definition) is 1. The van der Waals surface area contributed by atoms with E-state index in [2.05, 4.69) is 65.4 Å². The summed E-state index contributed by atoms with van der Waals surface area (Å²) in [6.45, 7) is 9.51. The Hall–Kier alpha value is -2.73. The first-order valence-electron chi connectivity index (χ1n) is 15.4. The summed E-state index contributed by atoms with van der Waals surface area (Å²) in [4.78, 5) is 18.2. The monoisotopic (exact) mass is 533 g/mol. The maximum Gasteiger partial charge on any atom is 0.317 e. The molecule has 6 heteroatoms. The van der Waals surface area contributed by atoms with Gasteiger partial charge in [-0.25, -0.2) is 4.79 Å². The molecule has 0 saturated carbocycles. The van der Waals surface area contributed by atoms with Crippen molar-refractivity contribution in [3.8, 4) is 11.5 Å². The van der Waals surface area contributed by atoms with E-state index in [1.54, 1.807) is 0 Å². The van der Waals surface area contributed by atoms with Gasteiger partial charge in [0.05, 0.1) is 13.2 Å². The predicted molar refractivity (Wildman–Crippen MR) is 157 cm³/mol. The molecule has 2 fully saturated rings. The summed E-state index contributed by atoms with van der Waals surface area (Å²) in [7, 11) is 0. The molecule has 3 aliphatic rings. The number of carbonyl (C=O) groups excluding carboxylic acids is 1. The third-order valence-corrected chi connectivity index (χ3v) is 8.83. The summed E-state index contributed by atoms with van der Waals surface area (Å²) in [6.07, 6.45) is 9.53. The van der Waals surface area contributed by atoms with E-state index in [1.165, 1.54) is 23.1 Å². The van der Waals surface area contributed by atoms with E-state index in [4.69, 9.17) is 9.47 Å². The van der Waals surface area contributed by atoms with Gasteiger partial charge in [0.1, 0.15) is 0 Å². The van der Waals surface area contributed by atoms with Gasteiger partial charge in [-0.1, -0.05) is 57.0 Å². The molecule has 2 saturated heterocycles. The summed E-state index contributed by atoms with van der Waals surface area (Å²) in [5.41, 5.74) is 4.03. The van der Waals surface area contributed by atoms with Crippen molar-refractivity contribution >= 4 is 6.03 Å². The van der Waals surface area contributed by atoms with E-state index in [-0.39, 0.29) is 12.1 Å². The second kappa shape index (κ2) is 13.6. The highest BCUT2D eigenvalue weighted by molar-refractivity contribution is 5.74. The average Bonchev–Trinajstić information content (AvgIpc) is 2.96. The van der Waals surface area contributed by atoms with Gasteiger partial charge in [-0.3, -0.25) is 4.90 Å². The van der Waals surface area contributed by atoms with Crippen LogP contribution in [0.25, 0.3) is 0 Å². The van der Waals surface area contributed by atoms with Gasteiger partial charge in [-0.15, -0.1) is 0 Å². The van der Waals surface area contributed by atoms with Crippen LogP contribution >= 0.6 is 0 Å². The number of fused-ring (bicyclic) bond motifs is 4. The molecule has 2 aromatic carbocycles. The van der Waals surface area contributed by atoms with Crippen molar-refractivity contribution in [2.24, 2.45) is 5.92 Å². The zero-order valence-electron chi connectivity index (χ0n) is 24.0. The van der Waals surface area contributed by atoms with Crippen LogP contribution in [0.4, 0.5) is 4.79 Å². The Morgan fingerprint density at radius 1 is 1.00 bits per heavy atom. The molecule has 5 rings (SSSR count). The first-order valence-corrected chi connectivity index (χ1v) is 15.4. The number of benzene rings is 2. The van der Waals surface area contributed by atoms with Crippen LogP contribution in [0.15, 0.2) is 42.5 Å². The molecule has 0 bridgehead atoms. The molecule has 0 aliphatic carbocycles. The molecule has 6 nitrogen and oxygen atoms in total. The van der Waals surface area contributed by atoms with Crippen LogP contribution in [0.2, 0.25) is 0 Å². The third kappa shape index (κ3) is 6.71. The van der Waals surface area contributed by atoms with Crippen LogP contribution < -0.4 is 14.8 Å². The number of likely N-dealkylation sites (tertiary alicyclic amines) is 1. The smallest absolute Gasteiger partial charge is 0.317 e. The highest BCUT2D eigenvalue weighted by atomic mass is 16.5. The van der Waals surface area contributed by atoms with Gasteiger partial charge in [0.15, 0.2) is 11.5 Å². The van der Waals surface area contributed by atoms with Crippen LogP contribution in [0.1, 0.15) is 81.5 Å². The van der Waals surface area contributed by atoms with Gasteiger partial charge in [0, 0.05) is 38.3 Å². The van der Waals surface area contributed by atoms with Gasteiger partial charge in [-0.2, -0.15) is 0 Å². The van der Waals surface area contributed by atoms with Crippen molar-refractivity contribution in [2.45, 2.75) is 83.7 Å². The van der Waals surface area contributed by atoms with Crippen molar-refractivity contribution in [1.29, 1.82) is 0 Å². The number of unbranched alkanes of at least 4 members (excludes halogenated alkanes) is 2. The quantitative estimate of drug-likeness (QED) is 0.341. The number of urea groups is 1. The fraction of sp³-hybridized carbons (Fsp3) is 0.606. The zero-order valence-corrected chi connectivity index (χ0v) is 24.0. The Labute approximate surface area is 235 Å². The summed E-state index contributed by atoms with van der Waals surface area (Å²) in [6, 6.07) is 15.6. The van der Waals surface area contributed by atoms with Gasteiger partial charge in [0.25, 0.3) is 0 Å². The first-order chi connectivity index (χ1) is 19.2. The molecule has 0 unspecified atom stereocenters. The van der Waals surface area contributed by atoms with Crippen molar-refractivity contribution < 1.29 is 14.3 Å².